The van der Waals surface area contributed by atoms with Crippen molar-refractivity contribution in [1.29, 1.82) is 0 Å². The summed E-state index contributed by atoms with van der Waals surface area (Å²) < 4.78 is 20.9. The second-order valence-electron chi connectivity index (χ2n) is 10.8. The summed E-state index contributed by atoms with van der Waals surface area (Å²) in [4.78, 5) is 18.2. The van der Waals surface area contributed by atoms with Crippen LogP contribution in [0.2, 0.25) is 0 Å². The molecule has 0 amide bonds. The number of halogens is 1. The quantitative estimate of drug-likeness (QED) is 0.242. The number of nitrogens with zero attached hydrogens (tertiary/aromatic N) is 2. The zero-order chi connectivity index (χ0) is 26.9. The highest BCUT2D eigenvalue weighted by molar-refractivity contribution is 5.83. The van der Waals surface area contributed by atoms with Gasteiger partial charge in [0.25, 0.3) is 0 Å². The fourth-order valence-electron chi connectivity index (χ4n) is 5.86. The first-order chi connectivity index (χ1) is 18.4. The highest BCUT2D eigenvalue weighted by Gasteiger charge is 2.30. The van der Waals surface area contributed by atoms with Crippen molar-refractivity contribution in [2.75, 3.05) is 26.7 Å². The fourth-order valence-corrected chi connectivity index (χ4v) is 5.86. The van der Waals surface area contributed by atoms with E-state index in [4.69, 9.17) is 4.74 Å². The van der Waals surface area contributed by atoms with Gasteiger partial charge in [-0.25, -0.2) is 4.39 Å². The molecular weight excluding hydrogens is 479 g/mol. The van der Waals surface area contributed by atoms with Gasteiger partial charge in [0, 0.05) is 24.5 Å². The van der Waals surface area contributed by atoms with Crippen molar-refractivity contribution < 1.29 is 19.0 Å². The van der Waals surface area contributed by atoms with E-state index < -0.39 is 12.1 Å². The Bertz CT molecular complexity index is 1180. The van der Waals surface area contributed by atoms with E-state index in [0.29, 0.717) is 36.0 Å². The lowest BCUT2D eigenvalue weighted by Gasteiger charge is -2.39. The third-order valence-electron chi connectivity index (χ3n) is 8.13. The van der Waals surface area contributed by atoms with Gasteiger partial charge in [0.1, 0.15) is 11.9 Å². The van der Waals surface area contributed by atoms with Gasteiger partial charge in [-0.05, 0) is 112 Å². The number of fused-ring (bicyclic) bond motifs is 1. The SMILES string of the molecule is COc1ccc2nccc([C@@H](F)CCC3CCN(CCCCc4ccc(C)cc4)CC3CCC(=O)O)c2c1. The fraction of sp³-hybridized carbons (Fsp3) is 0.500. The van der Waals surface area contributed by atoms with Crippen LogP contribution < -0.4 is 4.74 Å². The molecule has 5 nitrogen and oxygen atoms in total. The Hall–Kier alpha value is -2.99. The monoisotopic (exact) mass is 520 g/mol. The highest BCUT2D eigenvalue weighted by atomic mass is 19.1. The number of aryl methyl sites for hydroxylation is 2. The minimum Gasteiger partial charge on any atom is -0.497 e. The molecule has 0 radical (unpaired) electrons. The smallest absolute Gasteiger partial charge is 0.303 e. The zero-order valence-corrected chi connectivity index (χ0v) is 22.7. The number of alkyl halides is 1. The summed E-state index contributed by atoms with van der Waals surface area (Å²) >= 11 is 0. The summed E-state index contributed by atoms with van der Waals surface area (Å²) in [6.45, 7) is 5.07. The number of likely N-dealkylation sites (tertiary alicyclic amines) is 1. The minimum atomic E-state index is -1.09. The van der Waals surface area contributed by atoms with Crippen LogP contribution in [-0.2, 0) is 11.2 Å². The predicted octanol–water partition coefficient (Wildman–Crippen LogP) is 7.17. The standard InChI is InChI=1S/C32H41FN2O3/c1-23-6-8-24(9-7-23)5-3-4-19-35-20-17-25(26(22-35)11-15-32(36)37)10-13-30(33)28-16-18-34-31-14-12-27(38-2)21-29(28)31/h6-9,12,14,16,18,21,25-26,30H,3-5,10-11,13,15,17,19-20,22H2,1-2H3,(H,36,37)/t25?,26?,30-/m0/s1. The minimum absolute atomic E-state index is 0.177. The molecule has 3 aromatic rings. The molecule has 0 bridgehead atoms. The van der Waals surface area contributed by atoms with Crippen molar-refractivity contribution in [2.45, 2.75) is 64.5 Å². The zero-order valence-electron chi connectivity index (χ0n) is 22.7. The number of pyridine rings is 1. The number of unbranched alkanes of at least 4 members (excludes halogenated alkanes) is 1. The third kappa shape index (κ3) is 7.76. The maximum Gasteiger partial charge on any atom is 0.303 e. The van der Waals surface area contributed by atoms with E-state index in [1.165, 1.54) is 11.1 Å². The van der Waals surface area contributed by atoms with E-state index in [9.17, 15) is 9.90 Å². The van der Waals surface area contributed by atoms with Crippen LogP contribution in [-0.4, -0.2) is 47.7 Å². The number of piperidine rings is 1. The van der Waals surface area contributed by atoms with Crippen molar-refractivity contribution in [1.82, 2.24) is 9.88 Å². The summed E-state index contributed by atoms with van der Waals surface area (Å²) in [6, 6.07) is 16.1. The Labute approximate surface area is 226 Å². The van der Waals surface area contributed by atoms with Gasteiger partial charge in [0.05, 0.1) is 12.6 Å². The third-order valence-corrected chi connectivity index (χ3v) is 8.13. The number of benzene rings is 2. The first-order valence-corrected chi connectivity index (χ1v) is 14.0. The lowest BCUT2D eigenvalue weighted by atomic mass is 9.79. The van der Waals surface area contributed by atoms with E-state index in [-0.39, 0.29) is 6.42 Å². The van der Waals surface area contributed by atoms with Crippen LogP contribution >= 0.6 is 0 Å². The van der Waals surface area contributed by atoms with Crippen molar-refractivity contribution in [3.05, 3.63) is 71.4 Å². The van der Waals surface area contributed by atoms with Gasteiger partial charge in [-0.2, -0.15) is 0 Å². The summed E-state index contributed by atoms with van der Waals surface area (Å²) in [5, 5.41) is 10.1. The van der Waals surface area contributed by atoms with E-state index in [1.54, 1.807) is 19.4 Å². The van der Waals surface area contributed by atoms with Crippen LogP contribution in [0, 0.1) is 18.8 Å². The van der Waals surface area contributed by atoms with Gasteiger partial charge in [-0.1, -0.05) is 29.8 Å². The van der Waals surface area contributed by atoms with E-state index in [1.807, 2.05) is 18.2 Å². The predicted molar refractivity (Wildman–Crippen MR) is 150 cm³/mol. The topological polar surface area (TPSA) is 62.7 Å². The molecule has 2 unspecified atom stereocenters. The van der Waals surface area contributed by atoms with Crippen LogP contribution in [0.4, 0.5) is 4.39 Å². The summed E-state index contributed by atoms with van der Waals surface area (Å²) in [5.74, 6) is 0.580. The molecular formula is C32H41FN2O3. The molecule has 0 saturated carbocycles. The number of methoxy groups -OCH3 is 1. The molecule has 2 aromatic carbocycles. The van der Waals surface area contributed by atoms with Crippen molar-refractivity contribution in [3.8, 4) is 5.75 Å². The van der Waals surface area contributed by atoms with Crippen LogP contribution in [0.25, 0.3) is 10.9 Å². The second kappa shape index (κ2) is 13.7. The van der Waals surface area contributed by atoms with Gasteiger partial charge >= 0.3 is 5.97 Å². The van der Waals surface area contributed by atoms with Gasteiger partial charge < -0.3 is 14.7 Å². The molecule has 0 spiro atoms. The number of ether oxygens (including phenoxy) is 1. The molecule has 1 aliphatic rings. The molecule has 0 aliphatic carbocycles. The average Bonchev–Trinajstić information content (AvgIpc) is 2.93. The Balaban J connectivity index is 1.31. The van der Waals surface area contributed by atoms with E-state index in [2.05, 4.69) is 41.1 Å². The lowest BCUT2D eigenvalue weighted by molar-refractivity contribution is -0.137. The van der Waals surface area contributed by atoms with Gasteiger partial charge in [-0.3, -0.25) is 9.78 Å². The van der Waals surface area contributed by atoms with E-state index >= 15 is 4.39 Å². The maximum atomic E-state index is 15.6. The number of rotatable bonds is 13. The highest BCUT2D eigenvalue weighted by Crippen LogP contribution is 2.36. The Morgan fingerprint density at radius 2 is 1.95 bits per heavy atom. The van der Waals surface area contributed by atoms with Gasteiger partial charge in [0.2, 0.25) is 0 Å². The molecule has 6 heteroatoms. The Morgan fingerprint density at radius 1 is 1.13 bits per heavy atom. The summed E-state index contributed by atoms with van der Waals surface area (Å²) in [7, 11) is 1.61. The first kappa shape index (κ1) is 28.0. The number of hydrogen-bond acceptors (Lipinski definition) is 4. The summed E-state index contributed by atoms with van der Waals surface area (Å²) in [5.41, 5.74) is 4.09. The molecule has 1 aliphatic heterocycles. The Kier molecular flexibility index (Phi) is 10.1. The molecule has 2 heterocycles. The molecule has 204 valence electrons. The molecule has 1 aromatic heterocycles. The first-order valence-electron chi connectivity index (χ1n) is 14.0. The number of aromatic nitrogens is 1. The summed E-state index contributed by atoms with van der Waals surface area (Å²) in [6.07, 6.45) is 6.99. The molecule has 1 fully saturated rings. The van der Waals surface area contributed by atoms with Crippen LogP contribution in [0.3, 0.4) is 0 Å². The molecule has 4 rings (SSSR count). The normalized spacial score (nSPS) is 18.9. The molecule has 1 N–H and O–H groups in total. The number of carboxylic acids is 1. The van der Waals surface area contributed by atoms with Crippen molar-refractivity contribution in [3.63, 3.8) is 0 Å². The number of aliphatic carboxylic acids is 1. The van der Waals surface area contributed by atoms with Crippen LogP contribution in [0.5, 0.6) is 5.75 Å². The number of hydrogen-bond donors (Lipinski definition) is 1. The largest absolute Gasteiger partial charge is 0.497 e. The average molecular weight is 521 g/mol. The van der Waals surface area contributed by atoms with Gasteiger partial charge in [-0.15, -0.1) is 0 Å². The van der Waals surface area contributed by atoms with Crippen LogP contribution in [0.15, 0.2) is 54.7 Å². The molecule has 3 atom stereocenters. The maximum absolute atomic E-state index is 15.6. The van der Waals surface area contributed by atoms with Crippen LogP contribution in [0.1, 0.15) is 67.8 Å². The Morgan fingerprint density at radius 3 is 2.71 bits per heavy atom. The van der Waals surface area contributed by atoms with Crippen molar-refractivity contribution in [2.24, 2.45) is 11.8 Å². The molecule has 38 heavy (non-hydrogen) atoms. The lowest BCUT2D eigenvalue weighted by Crippen LogP contribution is -2.41. The molecule has 1 saturated heterocycles. The van der Waals surface area contributed by atoms with E-state index in [0.717, 1.165) is 62.6 Å². The van der Waals surface area contributed by atoms with Gasteiger partial charge in [0.15, 0.2) is 0 Å². The number of carboxylic acid groups (broad SMARTS) is 1. The second-order valence-corrected chi connectivity index (χ2v) is 10.8. The van der Waals surface area contributed by atoms with Crippen molar-refractivity contribution >= 4 is 16.9 Å². The number of carbonyl (C=O) groups is 1.